The van der Waals surface area contributed by atoms with E-state index in [9.17, 15) is 18.7 Å². The van der Waals surface area contributed by atoms with E-state index in [4.69, 9.17) is 0 Å². The Bertz CT molecular complexity index is 744. The lowest BCUT2D eigenvalue weighted by Gasteiger charge is -2.28. The maximum atomic E-state index is 13.1. The van der Waals surface area contributed by atoms with Gasteiger partial charge in [0, 0.05) is 6.54 Å². The third-order valence-corrected chi connectivity index (χ3v) is 5.73. The molecule has 0 fully saturated rings. The van der Waals surface area contributed by atoms with Gasteiger partial charge in [-0.2, -0.15) is 0 Å². The van der Waals surface area contributed by atoms with Crippen LogP contribution < -0.4 is 5.32 Å². The van der Waals surface area contributed by atoms with Gasteiger partial charge >= 0.3 is 7.60 Å². The second kappa shape index (κ2) is 7.16. The maximum absolute atomic E-state index is 13.1. The van der Waals surface area contributed by atoms with Gasteiger partial charge < -0.3 is 9.79 Å². The lowest BCUT2D eigenvalue weighted by atomic mass is 9.83. The number of benzene rings is 2. The van der Waals surface area contributed by atoms with Gasteiger partial charge in [-0.3, -0.25) is 9.88 Å². The predicted molar refractivity (Wildman–Crippen MR) is 91.3 cm³/mol. The fourth-order valence-corrected chi connectivity index (χ4v) is 4.30. The van der Waals surface area contributed by atoms with Crippen LogP contribution in [0.1, 0.15) is 41.2 Å². The van der Waals surface area contributed by atoms with E-state index in [1.54, 1.807) is 0 Å². The van der Waals surface area contributed by atoms with E-state index in [0.29, 0.717) is 12.1 Å². The Kier molecular flexibility index (Phi) is 5.16. The molecule has 24 heavy (non-hydrogen) atoms. The summed E-state index contributed by atoms with van der Waals surface area (Å²) in [7, 11) is -4.40. The molecule has 1 aliphatic rings. The monoisotopic (exact) mass is 349 g/mol. The van der Waals surface area contributed by atoms with Crippen LogP contribution in [0.15, 0.2) is 48.5 Å². The Morgan fingerprint density at radius 2 is 1.88 bits per heavy atom. The SMILES string of the molecule is O=P(O)(O)[C@@H](NC[C@H]1CCCc2ccccc21)c1ccc(F)cc1. The first-order valence-electron chi connectivity index (χ1n) is 8.07. The molecule has 0 saturated heterocycles. The van der Waals surface area contributed by atoms with Crippen LogP contribution in [0.5, 0.6) is 0 Å². The van der Waals surface area contributed by atoms with E-state index in [1.807, 2.05) is 12.1 Å². The molecule has 6 heteroatoms. The van der Waals surface area contributed by atoms with Crippen LogP contribution in [-0.2, 0) is 11.0 Å². The normalized spacial score (nSPS) is 18.9. The van der Waals surface area contributed by atoms with E-state index in [0.717, 1.165) is 19.3 Å². The lowest BCUT2D eigenvalue weighted by Crippen LogP contribution is -2.28. The van der Waals surface area contributed by atoms with Gasteiger partial charge in [0.25, 0.3) is 0 Å². The third-order valence-electron chi connectivity index (χ3n) is 4.57. The molecule has 0 unspecified atom stereocenters. The molecule has 0 spiro atoms. The van der Waals surface area contributed by atoms with Gasteiger partial charge in [0.05, 0.1) is 0 Å². The Labute approximate surface area is 140 Å². The molecular formula is C18H21FNO3P. The summed E-state index contributed by atoms with van der Waals surface area (Å²) in [6.07, 6.45) is 3.11. The zero-order valence-electron chi connectivity index (χ0n) is 13.2. The molecule has 0 aromatic heterocycles. The number of halogens is 1. The highest BCUT2D eigenvalue weighted by atomic mass is 31.2. The number of aryl methyl sites for hydroxylation is 1. The second-order valence-corrected chi connectivity index (χ2v) is 7.93. The van der Waals surface area contributed by atoms with Crippen molar-refractivity contribution in [3.63, 3.8) is 0 Å². The molecule has 0 aliphatic heterocycles. The molecule has 0 radical (unpaired) electrons. The van der Waals surface area contributed by atoms with Gasteiger partial charge in [-0.25, -0.2) is 4.39 Å². The zero-order valence-corrected chi connectivity index (χ0v) is 14.1. The Morgan fingerprint density at radius 1 is 1.17 bits per heavy atom. The summed E-state index contributed by atoms with van der Waals surface area (Å²) in [5.74, 6) is -1.32. The van der Waals surface area contributed by atoms with Crippen molar-refractivity contribution in [1.29, 1.82) is 0 Å². The van der Waals surface area contributed by atoms with Crippen molar-refractivity contribution in [3.05, 3.63) is 71.0 Å². The summed E-state index contributed by atoms with van der Waals surface area (Å²) in [5.41, 5.74) is 2.96. The Balaban J connectivity index is 1.78. The van der Waals surface area contributed by atoms with Crippen LogP contribution >= 0.6 is 7.60 Å². The van der Waals surface area contributed by atoms with Crippen molar-refractivity contribution in [2.24, 2.45) is 0 Å². The number of hydrogen-bond acceptors (Lipinski definition) is 2. The zero-order chi connectivity index (χ0) is 17.2. The number of nitrogens with one attached hydrogen (secondary N) is 1. The van der Waals surface area contributed by atoms with Crippen molar-refractivity contribution in [2.45, 2.75) is 31.0 Å². The minimum Gasteiger partial charge on any atom is -0.323 e. The summed E-state index contributed by atoms with van der Waals surface area (Å²) < 4.78 is 24.9. The maximum Gasteiger partial charge on any atom is 0.346 e. The summed E-state index contributed by atoms with van der Waals surface area (Å²) >= 11 is 0. The molecule has 2 aromatic carbocycles. The number of rotatable bonds is 5. The van der Waals surface area contributed by atoms with E-state index < -0.39 is 19.2 Å². The predicted octanol–water partition coefficient (Wildman–Crippen LogP) is 3.71. The minimum absolute atomic E-state index is 0.226. The van der Waals surface area contributed by atoms with E-state index >= 15 is 0 Å². The van der Waals surface area contributed by atoms with Crippen molar-refractivity contribution in [2.75, 3.05) is 6.54 Å². The molecular weight excluding hydrogens is 328 g/mol. The molecule has 128 valence electrons. The van der Waals surface area contributed by atoms with Gasteiger partial charge in [-0.1, -0.05) is 36.4 Å². The first kappa shape index (κ1) is 17.3. The van der Waals surface area contributed by atoms with Gasteiger partial charge in [0.1, 0.15) is 11.6 Å². The highest BCUT2D eigenvalue weighted by Gasteiger charge is 2.31. The van der Waals surface area contributed by atoms with Crippen LogP contribution in [-0.4, -0.2) is 16.3 Å². The molecule has 0 bridgehead atoms. The molecule has 4 nitrogen and oxygen atoms in total. The summed E-state index contributed by atoms with van der Waals surface area (Å²) in [5, 5.41) is 3.02. The van der Waals surface area contributed by atoms with Gasteiger partial charge in [0.2, 0.25) is 0 Å². The summed E-state index contributed by atoms with van der Waals surface area (Å²) in [6.45, 7) is 0.476. The van der Waals surface area contributed by atoms with Crippen molar-refractivity contribution in [1.82, 2.24) is 5.32 Å². The first-order chi connectivity index (χ1) is 11.4. The minimum atomic E-state index is -4.40. The second-order valence-electron chi connectivity index (χ2n) is 6.24. The average molecular weight is 349 g/mol. The largest absolute Gasteiger partial charge is 0.346 e. The smallest absolute Gasteiger partial charge is 0.323 e. The summed E-state index contributed by atoms with van der Waals surface area (Å²) in [6, 6.07) is 13.5. The highest BCUT2D eigenvalue weighted by Crippen LogP contribution is 2.50. The van der Waals surface area contributed by atoms with Gasteiger partial charge in [-0.05, 0) is 54.0 Å². The number of hydrogen-bond donors (Lipinski definition) is 3. The van der Waals surface area contributed by atoms with E-state index in [2.05, 4.69) is 17.4 Å². The quantitative estimate of drug-likeness (QED) is 0.720. The Hall–Kier alpha value is -1.52. The van der Waals surface area contributed by atoms with Crippen LogP contribution in [0.3, 0.4) is 0 Å². The lowest BCUT2D eigenvalue weighted by molar-refractivity contribution is 0.344. The molecule has 2 aromatic rings. The van der Waals surface area contributed by atoms with Crippen molar-refractivity contribution in [3.8, 4) is 0 Å². The first-order valence-corrected chi connectivity index (χ1v) is 9.75. The van der Waals surface area contributed by atoms with Crippen molar-refractivity contribution >= 4 is 7.60 Å². The van der Waals surface area contributed by atoms with Crippen molar-refractivity contribution < 1.29 is 18.7 Å². The molecule has 1 aliphatic carbocycles. The fraction of sp³-hybridized carbons (Fsp3) is 0.333. The van der Waals surface area contributed by atoms with Gasteiger partial charge in [-0.15, -0.1) is 0 Å². The standard InChI is InChI=1S/C18H21FNO3P/c19-16-10-8-14(9-11-16)18(24(21,22)23)20-12-15-6-3-5-13-4-1-2-7-17(13)15/h1-2,4,7-11,15,18,20H,3,5-6,12H2,(H2,21,22,23)/t15-,18-/m1/s1. The third kappa shape index (κ3) is 3.93. The number of fused-ring (bicyclic) bond motifs is 1. The summed E-state index contributed by atoms with van der Waals surface area (Å²) in [4.78, 5) is 19.4. The van der Waals surface area contributed by atoms with Gasteiger partial charge in [0.15, 0.2) is 0 Å². The average Bonchev–Trinajstić information content (AvgIpc) is 2.55. The molecule has 3 rings (SSSR count). The van der Waals surface area contributed by atoms with E-state index in [1.165, 1.54) is 35.4 Å². The fourth-order valence-electron chi connectivity index (χ4n) is 3.40. The van der Waals surface area contributed by atoms with Crippen LogP contribution in [0, 0.1) is 5.82 Å². The highest BCUT2D eigenvalue weighted by molar-refractivity contribution is 7.52. The van der Waals surface area contributed by atoms with Crippen LogP contribution in [0.25, 0.3) is 0 Å². The topological polar surface area (TPSA) is 69.6 Å². The molecule has 3 N–H and O–H groups in total. The van der Waals surface area contributed by atoms with Crippen LogP contribution in [0.4, 0.5) is 4.39 Å². The Morgan fingerprint density at radius 3 is 2.58 bits per heavy atom. The molecule has 0 saturated carbocycles. The molecule has 0 heterocycles. The van der Waals surface area contributed by atoms with Crippen LogP contribution in [0.2, 0.25) is 0 Å². The molecule has 2 atom stereocenters. The van der Waals surface area contributed by atoms with E-state index in [-0.39, 0.29) is 5.92 Å². The molecule has 0 amide bonds.